The minimum Gasteiger partial charge on any atom is -0.450 e. The number of carbonyl (C=O) groups is 1. The molecule has 2 heterocycles. The maximum absolute atomic E-state index is 13.6. The van der Waals surface area contributed by atoms with Gasteiger partial charge in [-0.05, 0) is 49.6 Å². The molecule has 32 heavy (non-hydrogen) atoms. The molecule has 0 saturated carbocycles. The normalized spacial score (nSPS) is 15.4. The molecule has 0 bridgehead atoms. The average Bonchev–Trinajstić information content (AvgIpc) is 3.04. The van der Waals surface area contributed by atoms with Crippen molar-refractivity contribution >= 4 is 28.5 Å². The molecule has 0 N–H and O–H groups in total. The zero-order chi connectivity index (χ0) is 22.6. The highest BCUT2D eigenvalue weighted by atomic mass is 35.5. The quantitative estimate of drug-likeness (QED) is 0.383. The highest BCUT2D eigenvalue weighted by molar-refractivity contribution is 6.32. The molecule has 160 valence electrons. The lowest BCUT2D eigenvalue weighted by atomic mass is 9.97. The molecule has 1 atom stereocenters. The van der Waals surface area contributed by atoms with Gasteiger partial charge in [0.25, 0.3) is 5.91 Å². The second kappa shape index (κ2) is 7.64. The van der Waals surface area contributed by atoms with Crippen molar-refractivity contribution in [2.75, 3.05) is 0 Å². The van der Waals surface area contributed by atoms with Crippen LogP contribution in [-0.2, 0) is 6.54 Å². The zero-order valence-corrected chi connectivity index (χ0v) is 18.9. The van der Waals surface area contributed by atoms with Gasteiger partial charge in [0, 0.05) is 11.6 Å². The molecule has 0 spiro atoms. The van der Waals surface area contributed by atoms with Crippen molar-refractivity contribution in [2.45, 2.75) is 33.4 Å². The molecular formula is C27H22ClNO3. The molecule has 0 radical (unpaired) electrons. The SMILES string of the molecule is Cc1ccc(CN2C(=O)c3oc4cc(C)c(Cl)cc4c(=O)c3C2c2ccc(C)cc2)cc1. The van der Waals surface area contributed by atoms with Crippen molar-refractivity contribution in [3.05, 3.63) is 115 Å². The van der Waals surface area contributed by atoms with Gasteiger partial charge in [-0.25, -0.2) is 0 Å². The Morgan fingerprint density at radius 3 is 2.19 bits per heavy atom. The molecule has 0 aliphatic carbocycles. The second-order valence-electron chi connectivity index (χ2n) is 8.50. The Balaban J connectivity index is 1.73. The number of carbonyl (C=O) groups excluding carboxylic acids is 1. The number of aryl methyl sites for hydroxylation is 3. The van der Waals surface area contributed by atoms with E-state index >= 15 is 0 Å². The standard InChI is InChI=1S/C27H22ClNO3/c1-15-4-8-18(9-5-15)14-29-24(19-10-6-16(2)7-11-19)23-25(30)20-13-21(28)17(3)12-22(20)32-26(23)27(29)31/h4-13,24H,14H2,1-3H3. The van der Waals surface area contributed by atoms with E-state index in [1.807, 2.05) is 69.3 Å². The van der Waals surface area contributed by atoms with E-state index in [0.29, 0.717) is 28.1 Å². The lowest BCUT2D eigenvalue weighted by Gasteiger charge is -2.25. The van der Waals surface area contributed by atoms with Gasteiger partial charge in [0.15, 0.2) is 5.43 Å². The van der Waals surface area contributed by atoms with Crippen LogP contribution >= 0.6 is 11.6 Å². The summed E-state index contributed by atoms with van der Waals surface area (Å²) in [5.74, 6) is -0.167. The maximum atomic E-state index is 13.6. The van der Waals surface area contributed by atoms with E-state index in [0.717, 1.165) is 27.8 Å². The summed E-state index contributed by atoms with van der Waals surface area (Å²) in [5.41, 5.74) is 5.45. The van der Waals surface area contributed by atoms with Gasteiger partial charge in [0.2, 0.25) is 5.76 Å². The van der Waals surface area contributed by atoms with Crippen LogP contribution in [0.1, 0.15) is 50.0 Å². The Morgan fingerprint density at radius 1 is 0.906 bits per heavy atom. The third-order valence-electron chi connectivity index (χ3n) is 6.11. The summed E-state index contributed by atoms with van der Waals surface area (Å²) < 4.78 is 6.05. The van der Waals surface area contributed by atoms with Crippen LogP contribution < -0.4 is 5.43 Å². The van der Waals surface area contributed by atoms with Gasteiger partial charge >= 0.3 is 0 Å². The van der Waals surface area contributed by atoms with Gasteiger partial charge < -0.3 is 9.32 Å². The topological polar surface area (TPSA) is 50.5 Å². The van der Waals surface area contributed by atoms with Crippen LogP contribution in [0, 0.1) is 20.8 Å². The largest absolute Gasteiger partial charge is 0.450 e. The van der Waals surface area contributed by atoms with Crippen LogP contribution in [0.2, 0.25) is 5.02 Å². The van der Waals surface area contributed by atoms with E-state index < -0.39 is 6.04 Å². The smallest absolute Gasteiger partial charge is 0.291 e. The summed E-state index contributed by atoms with van der Waals surface area (Å²) in [6, 6.07) is 18.8. The maximum Gasteiger partial charge on any atom is 0.291 e. The van der Waals surface area contributed by atoms with Crippen LogP contribution in [0.15, 0.2) is 69.9 Å². The van der Waals surface area contributed by atoms with Crippen molar-refractivity contribution in [2.24, 2.45) is 0 Å². The van der Waals surface area contributed by atoms with Crippen LogP contribution in [0.25, 0.3) is 11.0 Å². The molecule has 1 aromatic heterocycles. The molecule has 1 aliphatic rings. The summed E-state index contributed by atoms with van der Waals surface area (Å²) in [7, 11) is 0. The summed E-state index contributed by atoms with van der Waals surface area (Å²) in [5, 5.41) is 0.888. The number of fused-ring (bicyclic) bond motifs is 2. The molecule has 1 unspecified atom stereocenters. The summed E-state index contributed by atoms with van der Waals surface area (Å²) >= 11 is 6.30. The zero-order valence-electron chi connectivity index (χ0n) is 18.1. The van der Waals surface area contributed by atoms with Crippen molar-refractivity contribution in [1.29, 1.82) is 0 Å². The molecule has 5 heteroatoms. The number of amides is 1. The Morgan fingerprint density at radius 2 is 1.53 bits per heavy atom. The summed E-state index contributed by atoms with van der Waals surface area (Å²) in [4.78, 5) is 28.9. The van der Waals surface area contributed by atoms with E-state index in [2.05, 4.69) is 0 Å². The first-order valence-corrected chi connectivity index (χ1v) is 10.9. The lowest BCUT2D eigenvalue weighted by Crippen LogP contribution is -2.29. The third kappa shape index (κ3) is 3.32. The number of nitrogens with zero attached hydrogens (tertiary/aromatic N) is 1. The predicted octanol–water partition coefficient (Wildman–Crippen LogP) is 6.12. The van der Waals surface area contributed by atoms with Crippen molar-refractivity contribution in [1.82, 2.24) is 4.90 Å². The Kier molecular flexibility index (Phi) is 4.90. The summed E-state index contributed by atoms with van der Waals surface area (Å²) in [6.07, 6.45) is 0. The van der Waals surface area contributed by atoms with Crippen LogP contribution in [0.5, 0.6) is 0 Å². The fourth-order valence-corrected chi connectivity index (χ4v) is 4.45. The molecule has 3 aromatic carbocycles. The molecule has 1 aliphatic heterocycles. The van der Waals surface area contributed by atoms with Gasteiger partial charge in [-0.3, -0.25) is 9.59 Å². The highest BCUT2D eigenvalue weighted by Crippen LogP contribution is 2.39. The third-order valence-corrected chi connectivity index (χ3v) is 6.52. The second-order valence-corrected chi connectivity index (χ2v) is 8.91. The van der Waals surface area contributed by atoms with Crippen molar-refractivity contribution in [3.63, 3.8) is 0 Å². The van der Waals surface area contributed by atoms with Crippen LogP contribution in [0.3, 0.4) is 0 Å². The number of halogens is 1. The Hall–Kier alpha value is -3.37. The number of hydrogen-bond donors (Lipinski definition) is 0. The molecule has 1 amide bonds. The molecule has 5 rings (SSSR count). The van der Waals surface area contributed by atoms with E-state index in [9.17, 15) is 9.59 Å². The van der Waals surface area contributed by atoms with Gasteiger partial charge in [-0.15, -0.1) is 0 Å². The van der Waals surface area contributed by atoms with Gasteiger partial charge in [0.05, 0.1) is 17.0 Å². The molecule has 4 aromatic rings. The number of benzene rings is 3. The predicted molar refractivity (Wildman–Crippen MR) is 126 cm³/mol. The van der Waals surface area contributed by atoms with E-state index in [4.69, 9.17) is 16.0 Å². The first-order chi connectivity index (χ1) is 15.3. The van der Waals surface area contributed by atoms with Crippen LogP contribution in [-0.4, -0.2) is 10.8 Å². The molecular weight excluding hydrogens is 422 g/mol. The first kappa shape index (κ1) is 20.5. The number of hydrogen-bond acceptors (Lipinski definition) is 3. The van der Waals surface area contributed by atoms with Gasteiger partial charge in [0.1, 0.15) is 5.58 Å². The summed E-state index contributed by atoms with van der Waals surface area (Å²) in [6.45, 7) is 6.25. The van der Waals surface area contributed by atoms with Gasteiger partial charge in [-0.2, -0.15) is 0 Å². The minimum atomic E-state index is -0.528. The molecule has 0 fully saturated rings. The highest BCUT2D eigenvalue weighted by Gasteiger charge is 2.42. The molecule has 0 saturated heterocycles. The van der Waals surface area contributed by atoms with E-state index in [1.165, 1.54) is 0 Å². The molecule has 4 nitrogen and oxygen atoms in total. The monoisotopic (exact) mass is 443 g/mol. The van der Waals surface area contributed by atoms with Crippen LogP contribution in [0.4, 0.5) is 0 Å². The van der Waals surface area contributed by atoms with E-state index in [1.54, 1.807) is 17.0 Å². The van der Waals surface area contributed by atoms with Crippen molar-refractivity contribution < 1.29 is 9.21 Å². The Labute approximate surface area is 191 Å². The minimum absolute atomic E-state index is 0.113. The van der Waals surface area contributed by atoms with Gasteiger partial charge in [-0.1, -0.05) is 71.3 Å². The first-order valence-electron chi connectivity index (χ1n) is 10.5. The number of rotatable bonds is 3. The Bertz CT molecular complexity index is 1420. The van der Waals surface area contributed by atoms with E-state index in [-0.39, 0.29) is 17.1 Å². The fraction of sp³-hybridized carbons (Fsp3) is 0.185. The average molecular weight is 444 g/mol. The lowest BCUT2D eigenvalue weighted by molar-refractivity contribution is 0.0714. The fourth-order valence-electron chi connectivity index (χ4n) is 4.29. The van der Waals surface area contributed by atoms with Crippen molar-refractivity contribution in [3.8, 4) is 0 Å².